The van der Waals surface area contributed by atoms with Gasteiger partial charge in [-0.2, -0.15) is 8.78 Å². The van der Waals surface area contributed by atoms with Crippen LogP contribution in [0, 0.1) is 0 Å². The third kappa shape index (κ3) is 3.61. The SMILES string of the molecule is CC1N=CC(N)(N2CCOCC2)C=C1c1ccc(OC(F)F)nc1. The summed E-state index contributed by atoms with van der Waals surface area (Å²) in [6.45, 7) is 1.77. The van der Waals surface area contributed by atoms with Gasteiger partial charge in [0.1, 0.15) is 5.66 Å². The minimum absolute atomic E-state index is 0.0913. The maximum Gasteiger partial charge on any atom is 0.388 e. The average Bonchev–Trinajstić information content (AvgIpc) is 2.58. The Bertz CT molecular complexity index is 629. The van der Waals surface area contributed by atoms with Gasteiger partial charge in [0.15, 0.2) is 0 Å². The molecule has 24 heavy (non-hydrogen) atoms. The molecule has 6 nitrogen and oxygen atoms in total. The summed E-state index contributed by atoms with van der Waals surface area (Å²) in [5, 5.41) is 0. The van der Waals surface area contributed by atoms with Crippen LogP contribution in [-0.4, -0.2) is 60.7 Å². The van der Waals surface area contributed by atoms with Crippen LogP contribution in [0.2, 0.25) is 0 Å². The van der Waals surface area contributed by atoms with E-state index in [0.717, 1.165) is 24.2 Å². The van der Waals surface area contributed by atoms with Gasteiger partial charge in [-0.25, -0.2) is 4.98 Å². The van der Waals surface area contributed by atoms with Gasteiger partial charge in [0, 0.05) is 31.6 Å². The molecule has 2 atom stereocenters. The first-order chi connectivity index (χ1) is 11.5. The first-order valence-electron chi connectivity index (χ1n) is 7.78. The highest BCUT2D eigenvalue weighted by molar-refractivity contribution is 5.84. The van der Waals surface area contributed by atoms with Gasteiger partial charge in [-0.15, -0.1) is 0 Å². The van der Waals surface area contributed by atoms with E-state index in [1.54, 1.807) is 12.3 Å². The van der Waals surface area contributed by atoms with Crippen LogP contribution in [0.1, 0.15) is 12.5 Å². The predicted octanol–water partition coefficient (Wildman–Crippen LogP) is 1.53. The Kier molecular flexibility index (Phi) is 4.88. The molecule has 0 bridgehead atoms. The van der Waals surface area contributed by atoms with Crippen molar-refractivity contribution in [3.05, 3.63) is 30.0 Å². The number of alkyl halides is 2. The number of rotatable bonds is 4. The molecule has 2 unspecified atom stereocenters. The van der Waals surface area contributed by atoms with Gasteiger partial charge in [0.25, 0.3) is 0 Å². The maximum absolute atomic E-state index is 12.2. The van der Waals surface area contributed by atoms with Crippen molar-refractivity contribution in [3.8, 4) is 5.88 Å². The Morgan fingerprint density at radius 3 is 2.75 bits per heavy atom. The molecule has 3 rings (SSSR count). The van der Waals surface area contributed by atoms with Gasteiger partial charge in [0.05, 0.1) is 19.3 Å². The van der Waals surface area contributed by atoms with Gasteiger partial charge in [-0.05, 0) is 30.2 Å². The zero-order valence-corrected chi connectivity index (χ0v) is 13.4. The van der Waals surface area contributed by atoms with Crippen LogP contribution in [-0.2, 0) is 4.74 Å². The highest BCUT2D eigenvalue weighted by Gasteiger charge is 2.34. The molecule has 0 amide bonds. The molecule has 0 saturated carbocycles. The molecule has 2 aliphatic heterocycles. The smallest absolute Gasteiger partial charge is 0.388 e. The Labute approximate surface area is 139 Å². The number of pyridine rings is 1. The molecule has 8 heteroatoms. The molecule has 2 N–H and O–H groups in total. The Balaban J connectivity index is 1.84. The van der Waals surface area contributed by atoms with E-state index in [9.17, 15) is 8.78 Å². The van der Waals surface area contributed by atoms with Gasteiger partial charge >= 0.3 is 6.61 Å². The van der Waals surface area contributed by atoms with Crippen LogP contribution in [0.3, 0.4) is 0 Å². The third-order valence-electron chi connectivity index (χ3n) is 4.18. The number of hydrogen-bond acceptors (Lipinski definition) is 6. The number of aromatic nitrogens is 1. The fraction of sp³-hybridized carbons (Fsp3) is 0.500. The van der Waals surface area contributed by atoms with Crippen LogP contribution < -0.4 is 10.5 Å². The fourth-order valence-corrected chi connectivity index (χ4v) is 2.88. The summed E-state index contributed by atoms with van der Waals surface area (Å²) < 4.78 is 34.1. The average molecular weight is 338 g/mol. The zero-order valence-electron chi connectivity index (χ0n) is 13.4. The van der Waals surface area contributed by atoms with Crippen molar-refractivity contribution < 1.29 is 18.3 Å². The van der Waals surface area contributed by atoms with Crippen molar-refractivity contribution in [1.82, 2.24) is 9.88 Å². The molecule has 0 aliphatic carbocycles. The van der Waals surface area contributed by atoms with Gasteiger partial charge < -0.3 is 15.2 Å². The lowest BCUT2D eigenvalue weighted by atomic mass is 9.93. The fourth-order valence-electron chi connectivity index (χ4n) is 2.88. The molecule has 0 spiro atoms. The summed E-state index contributed by atoms with van der Waals surface area (Å²) in [4.78, 5) is 10.5. The van der Waals surface area contributed by atoms with Crippen LogP contribution >= 0.6 is 0 Å². The van der Waals surface area contributed by atoms with Crippen LogP contribution in [0.15, 0.2) is 29.4 Å². The second kappa shape index (κ2) is 6.92. The highest BCUT2D eigenvalue weighted by Crippen LogP contribution is 2.28. The summed E-state index contributed by atoms with van der Waals surface area (Å²) in [5.41, 5.74) is 7.42. The topological polar surface area (TPSA) is 73.0 Å². The lowest BCUT2D eigenvalue weighted by Gasteiger charge is -2.41. The minimum atomic E-state index is -2.89. The molecule has 1 saturated heterocycles. The Hall–Kier alpha value is -1.90. The second-order valence-electron chi connectivity index (χ2n) is 5.80. The summed E-state index contributed by atoms with van der Waals surface area (Å²) in [5.74, 6) is -0.117. The number of halogens is 2. The molecule has 0 aromatic carbocycles. The molecule has 3 heterocycles. The van der Waals surface area contributed by atoms with Crippen molar-refractivity contribution in [1.29, 1.82) is 0 Å². The molecule has 1 fully saturated rings. The second-order valence-corrected chi connectivity index (χ2v) is 5.80. The largest absolute Gasteiger partial charge is 0.417 e. The van der Waals surface area contributed by atoms with Crippen molar-refractivity contribution >= 4 is 11.8 Å². The van der Waals surface area contributed by atoms with E-state index in [4.69, 9.17) is 10.5 Å². The van der Waals surface area contributed by atoms with Crippen molar-refractivity contribution in [2.24, 2.45) is 10.7 Å². The van der Waals surface area contributed by atoms with E-state index in [1.165, 1.54) is 12.3 Å². The van der Waals surface area contributed by atoms with E-state index >= 15 is 0 Å². The number of nitrogens with zero attached hydrogens (tertiary/aromatic N) is 3. The van der Waals surface area contributed by atoms with Crippen LogP contribution in [0.5, 0.6) is 5.88 Å². The summed E-state index contributed by atoms with van der Waals surface area (Å²) in [6, 6.07) is 3.01. The summed E-state index contributed by atoms with van der Waals surface area (Å²) >= 11 is 0. The Morgan fingerprint density at radius 2 is 2.12 bits per heavy atom. The summed E-state index contributed by atoms with van der Waals surface area (Å²) in [7, 11) is 0. The molecular formula is C16H20F2N4O2. The molecule has 2 aliphatic rings. The van der Waals surface area contributed by atoms with Crippen molar-refractivity contribution in [3.63, 3.8) is 0 Å². The number of morpholine rings is 1. The molecule has 130 valence electrons. The minimum Gasteiger partial charge on any atom is -0.417 e. The van der Waals surface area contributed by atoms with Crippen LogP contribution in [0.4, 0.5) is 8.78 Å². The Morgan fingerprint density at radius 1 is 1.38 bits per heavy atom. The van der Waals surface area contributed by atoms with E-state index in [1.807, 2.05) is 13.0 Å². The van der Waals surface area contributed by atoms with Crippen LogP contribution in [0.25, 0.3) is 5.57 Å². The number of aliphatic imine (C=N–C) groups is 1. The standard InChI is InChI=1S/C16H20F2N4O2/c1-11-13(12-2-3-14(20-9-12)24-15(17)18)8-16(19,10-21-11)22-4-6-23-7-5-22/h2-3,8-11,15H,4-7,19H2,1H3. The zero-order chi connectivity index (χ0) is 17.2. The van der Waals surface area contributed by atoms with Crippen molar-refractivity contribution in [2.75, 3.05) is 26.3 Å². The maximum atomic E-state index is 12.2. The number of hydrogen-bond donors (Lipinski definition) is 1. The van der Waals surface area contributed by atoms with E-state index in [2.05, 4.69) is 19.6 Å². The van der Waals surface area contributed by atoms with E-state index < -0.39 is 12.3 Å². The third-order valence-corrected chi connectivity index (χ3v) is 4.18. The predicted molar refractivity (Wildman–Crippen MR) is 86.1 cm³/mol. The lowest BCUT2D eigenvalue weighted by Crippen LogP contribution is -2.60. The van der Waals surface area contributed by atoms with Gasteiger partial charge in [-0.1, -0.05) is 0 Å². The summed E-state index contributed by atoms with van der Waals surface area (Å²) in [6.07, 6.45) is 5.22. The molecule has 1 aromatic rings. The quantitative estimate of drug-likeness (QED) is 0.901. The molecular weight excluding hydrogens is 318 g/mol. The monoisotopic (exact) mass is 338 g/mol. The number of ether oxygens (including phenoxy) is 2. The first kappa shape index (κ1) is 16.9. The first-order valence-corrected chi connectivity index (χ1v) is 7.78. The molecule has 0 radical (unpaired) electrons. The normalized spacial score (nSPS) is 28.0. The lowest BCUT2D eigenvalue weighted by molar-refractivity contribution is -0.0528. The highest BCUT2D eigenvalue weighted by atomic mass is 19.3. The van der Waals surface area contributed by atoms with Crippen molar-refractivity contribution in [2.45, 2.75) is 25.2 Å². The van der Waals surface area contributed by atoms with Gasteiger partial charge in [-0.3, -0.25) is 9.89 Å². The number of nitrogens with two attached hydrogens (primary N) is 1. The van der Waals surface area contributed by atoms with E-state index in [0.29, 0.717) is 13.2 Å². The number of dihydropyridines is 1. The van der Waals surface area contributed by atoms with E-state index in [-0.39, 0.29) is 11.9 Å². The molecule has 1 aromatic heterocycles. The van der Waals surface area contributed by atoms with Gasteiger partial charge in [0.2, 0.25) is 5.88 Å².